The first-order valence-corrected chi connectivity index (χ1v) is 11.4. The molecule has 7 nitrogen and oxygen atoms in total. The van der Waals surface area contributed by atoms with Crippen LogP contribution in [-0.4, -0.2) is 48.9 Å². The Labute approximate surface area is 186 Å². The van der Waals surface area contributed by atoms with Crippen molar-refractivity contribution in [2.75, 3.05) is 25.5 Å². The Morgan fingerprint density at radius 1 is 1.16 bits per heavy atom. The van der Waals surface area contributed by atoms with Crippen molar-refractivity contribution < 1.29 is 19.1 Å². The van der Waals surface area contributed by atoms with Gasteiger partial charge in [0.25, 0.3) is 5.91 Å². The van der Waals surface area contributed by atoms with Crippen molar-refractivity contribution in [2.24, 2.45) is 0 Å². The second-order valence-electron chi connectivity index (χ2n) is 7.49. The molecule has 1 aromatic carbocycles. The first kappa shape index (κ1) is 23.0. The van der Waals surface area contributed by atoms with Gasteiger partial charge in [0.05, 0.1) is 18.7 Å². The summed E-state index contributed by atoms with van der Waals surface area (Å²) in [4.78, 5) is 39.9. The fraction of sp³-hybridized carbons (Fsp3) is 0.435. The molecular weight excluding hydrogens is 414 g/mol. The van der Waals surface area contributed by atoms with Crippen LogP contribution in [0.25, 0.3) is 0 Å². The van der Waals surface area contributed by atoms with Crippen molar-refractivity contribution in [3.8, 4) is 0 Å². The molecule has 2 N–H and O–H groups in total. The van der Waals surface area contributed by atoms with Gasteiger partial charge in [0, 0.05) is 30.1 Å². The molecule has 0 saturated heterocycles. The summed E-state index contributed by atoms with van der Waals surface area (Å²) in [5, 5.41) is 6.08. The van der Waals surface area contributed by atoms with Gasteiger partial charge < -0.3 is 15.4 Å². The van der Waals surface area contributed by atoms with E-state index in [4.69, 9.17) is 4.74 Å². The van der Waals surface area contributed by atoms with Crippen molar-refractivity contribution in [2.45, 2.75) is 45.7 Å². The molecule has 31 heavy (non-hydrogen) atoms. The fourth-order valence-electron chi connectivity index (χ4n) is 3.31. The molecule has 166 valence electrons. The van der Waals surface area contributed by atoms with Crippen LogP contribution in [0, 0.1) is 0 Å². The van der Waals surface area contributed by atoms with Gasteiger partial charge in [-0.2, -0.15) is 0 Å². The van der Waals surface area contributed by atoms with Gasteiger partial charge in [-0.3, -0.25) is 14.5 Å². The van der Waals surface area contributed by atoms with E-state index in [1.165, 1.54) is 11.3 Å². The lowest BCUT2D eigenvalue weighted by molar-refractivity contribution is -0.117. The van der Waals surface area contributed by atoms with E-state index in [9.17, 15) is 14.4 Å². The molecule has 1 aliphatic rings. The number of anilines is 1. The number of esters is 1. The predicted octanol–water partition coefficient (Wildman–Crippen LogP) is 3.45. The molecule has 0 bridgehead atoms. The zero-order chi connectivity index (χ0) is 22.4. The van der Waals surface area contributed by atoms with Crippen molar-refractivity contribution in [3.05, 3.63) is 51.9 Å². The molecular formula is C23H29N3O4S. The summed E-state index contributed by atoms with van der Waals surface area (Å²) in [6.07, 6.45) is 2.92. The summed E-state index contributed by atoms with van der Waals surface area (Å²) in [6.45, 7) is 4.93. The first-order valence-electron chi connectivity index (χ1n) is 10.6. The third-order valence-corrected chi connectivity index (χ3v) is 6.31. The highest BCUT2D eigenvalue weighted by Gasteiger charge is 2.31. The highest BCUT2D eigenvalue weighted by atomic mass is 32.1. The Kier molecular flexibility index (Phi) is 7.81. The van der Waals surface area contributed by atoms with Crippen LogP contribution in [-0.2, 0) is 22.5 Å². The van der Waals surface area contributed by atoms with E-state index >= 15 is 0 Å². The first-order chi connectivity index (χ1) is 14.9. The van der Waals surface area contributed by atoms with Gasteiger partial charge in [0.15, 0.2) is 0 Å². The standard InChI is InChI=1S/C23H29N3O4S/c1-4-18-12-19(23(29)30-5-2)22(31-18)25-20(27)14-26(17-10-11-17)13-15-6-8-16(9-7-15)21(28)24-3/h6-9,12,17H,4-5,10-11,13-14H2,1-3H3,(H,24,28)(H,25,27). The number of amides is 2. The molecule has 1 saturated carbocycles. The number of nitrogens with zero attached hydrogens (tertiary/aromatic N) is 1. The van der Waals surface area contributed by atoms with E-state index in [0.717, 1.165) is 29.7 Å². The van der Waals surface area contributed by atoms with Crippen molar-refractivity contribution in [1.29, 1.82) is 0 Å². The third-order valence-electron chi connectivity index (χ3n) is 5.12. The number of hydrogen-bond acceptors (Lipinski definition) is 6. The van der Waals surface area contributed by atoms with Gasteiger partial charge in [-0.25, -0.2) is 4.79 Å². The molecule has 0 aliphatic heterocycles. The van der Waals surface area contributed by atoms with Crippen molar-refractivity contribution in [3.63, 3.8) is 0 Å². The van der Waals surface area contributed by atoms with E-state index < -0.39 is 5.97 Å². The van der Waals surface area contributed by atoms with Gasteiger partial charge in [-0.05, 0) is 49.9 Å². The zero-order valence-electron chi connectivity index (χ0n) is 18.2. The average molecular weight is 444 g/mol. The lowest BCUT2D eigenvalue weighted by atomic mass is 10.1. The molecule has 0 spiro atoms. The molecule has 0 unspecified atom stereocenters. The maximum atomic E-state index is 12.8. The minimum absolute atomic E-state index is 0.121. The predicted molar refractivity (Wildman–Crippen MR) is 122 cm³/mol. The summed E-state index contributed by atoms with van der Waals surface area (Å²) in [5.41, 5.74) is 2.07. The molecule has 0 radical (unpaired) electrons. The molecule has 1 fully saturated rings. The van der Waals surface area contributed by atoms with E-state index in [1.54, 1.807) is 32.2 Å². The number of nitrogens with one attached hydrogen (secondary N) is 2. The molecule has 1 aliphatic carbocycles. The van der Waals surface area contributed by atoms with Crippen LogP contribution in [0.1, 0.15) is 57.8 Å². The summed E-state index contributed by atoms with van der Waals surface area (Å²) in [6, 6.07) is 9.60. The van der Waals surface area contributed by atoms with Crippen LogP contribution < -0.4 is 10.6 Å². The smallest absolute Gasteiger partial charge is 0.341 e. The van der Waals surface area contributed by atoms with E-state index in [0.29, 0.717) is 28.7 Å². The van der Waals surface area contributed by atoms with Crippen LogP contribution in [0.4, 0.5) is 5.00 Å². The Morgan fingerprint density at radius 2 is 1.87 bits per heavy atom. The van der Waals surface area contributed by atoms with Crippen molar-refractivity contribution in [1.82, 2.24) is 10.2 Å². The topological polar surface area (TPSA) is 87.7 Å². The number of aryl methyl sites for hydroxylation is 1. The Balaban J connectivity index is 1.66. The number of carbonyl (C=O) groups is 3. The zero-order valence-corrected chi connectivity index (χ0v) is 19.0. The molecule has 2 amide bonds. The Morgan fingerprint density at radius 3 is 2.45 bits per heavy atom. The fourth-order valence-corrected chi connectivity index (χ4v) is 4.31. The van der Waals surface area contributed by atoms with Crippen LogP contribution in [0.3, 0.4) is 0 Å². The third kappa shape index (κ3) is 6.15. The molecule has 3 rings (SSSR count). The summed E-state index contributed by atoms with van der Waals surface area (Å²) < 4.78 is 5.13. The molecule has 8 heteroatoms. The van der Waals surface area contributed by atoms with E-state index in [2.05, 4.69) is 15.5 Å². The second kappa shape index (κ2) is 10.5. The van der Waals surface area contributed by atoms with Crippen LogP contribution >= 0.6 is 11.3 Å². The highest BCUT2D eigenvalue weighted by Crippen LogP contribution is 2.31. The number of thiophene rings is 1. The van der Waals surface area contributed by atoms with E-state index in [1.807, 2.05) is 19.1 Å². The van der Waals surface area contributed by atoms with Gasteiger partial charge in [-0.1, -0.05) is 19.1 Å². The van der Waals surface area contributed by atoms with Gasteiger partial charge in [-0.15, -0.1) is 11.3 Å². The molecule has 1 aromatic heterocycles. The monoisotopic (exact) mass is 443 g/mol. The minimum Gasteiger partial charge on any atom is -0.462 e. The molecule has 0 atom stereocenters. The summed E-state index contributed by atoms with van der Waals surface area (Å²) in [5.74, 6) is -0.683. The maximum Gasteiger partial charge on any atom is 0.341 e. The van der Waals surface area contributed by atoms with Gasteiger partial charge in [0.1, 0.15) is 5.00 Å². The average Bonchev–Trinajstić information content (AvgIpc) is 3.54. The highest BCUT2D eigenvalue weighted by molar-refractivity contribution is 7.16. The summed E-state index contributed by atoms with van der Waals surface area (Å²) in [7, 11) is 1.61. The van der Waals surface area contributed by atoms with Crippen LogP contribution in [0.5, 0.6) is 0 Å². The number of rotatable bonds is 10. The SMILES string of the molecule is CCOC(=O)c1cc(CC)sc1NC(=O)CN(Cc1ccc(C(=O)NC)cc1)C1CC1. The molecule has 1 heterocycles. The van der Waals surface area contributed by atoms with Gasteiger partial charge in [0.2, 0.25) is 5.91 Å². The quantitative estimate of drug-likeness (QED) is 0.549. The number of benzene rings is 1. The summed E-state index contributed by atoms with van der Waals surface area (Å²) >= 11 is 1.41. The number of carbonyl (C=O) groups excluding carboxylic acids is 3. The number of hydrogen-bond donors (Lipinski definition) is 2. The lowest BCUT2D eigenvalue weighted by Gasteiger charge is -2.21. The van der Waals surface area contributed by atoms with Crippen LogP contribution in [0.15, 0.2) is 30.3 Å². The maximum absolute atomic E-state index is 12.8. The van der Waals surface area contributed by atoms with E-state index in [-0.39, 0.29) is 25.0 Å². The second-order valence-corrected chi connectivity index (χ2v) is 8.63. The van der Waals surface area contributed by atoms with Gasteiger partial charge >= 0.3 is 5.97 Å². The molecule has 2 aromatic rings. The largest absolute Gasteiger partial charge is 0.462 e. The minimum atomic E-state index is -0.413. The lowest BCUT2D eigenvalue weighted by Crippen LogP contribution is -2.34. The normalized spacial score (nSPS) is 13.2. The van der Waals surface area contributed by atoms with Crippen molar-refractivity contribution >= 4 is 34.1 Å². The number of ether oxygens (including phenoxy) is 1. The Hall–Kier alpha value is -2.71. The van der Waals surface area contributed by atoms with Crippen LogP contribution in [0.2, 0.25) is 0 Å². The Bertz CT molecular complexity index is 935.